The molecule has 0 spiro atoms. The Bertz CT molecular complexity index is 390. The summed E-state index contributed by atoms with van der Waals surface area (Å²) in [6.07, 6.45) is 8.22. The molecule has 0 saturated heterocycles. The first-order valence-corrected chi connectivity index (χ1v) is 5.82. The van der Waals surface area contributed by atoms with Crippen molar-refractivity contribution in [3.63, 3.8) is 0 Å². The molecule has 1 atom stereocenters. The summed E-state index contributed by atoms with van der Waals surface area (Å²) in [6.45, 7) is 3.07. The van der Waals surface area contributed by atoms with E-state index in [4.69, 9.17) is 0 Å². The number of aromatic nitrogens is 3. The highest BCUT2D eigenvalue weighted by atomic mass is 15.0. The first-order valence-electron chi connectivity index (χ1n) is 5.82. The van der Waals surface area contributed by atoms with E-state index in [1.165, 1.54) is 0 Å². The Hall–Kier alpha value is -1.81. The Labute approximate surface area is 101 Å². The zero-order valence-electron chi connectivity index (χ0n) is 9.87. The average molecular weight is 228 g/mol. The maximum Gasteiger partial charge on any atom is 0.149 e. The van der Waals surface area contributed by atoms with Crippen molar-refractivity contribution in [3.05, 3.63) is 54.4 Å². The predicted molar refractivity (Wildman–Crippen MR) is 66.4 cm³/mol. The van der Waals surface area contributed by atoms with Gasteiger partial charge < -0.3 is 5.32 Å². The molecule has 0 fully saturated rings. The quantitative estimate of drug-likeness (QED) is 0.850. The van der Waals surface area contributed by atoms with Gasteiger partial charge in [0.25, 0.3) is 0 Å². The summed E-state index contributed by atoms with van der Waals surface area (Å²) in [4.78, 5) is 12.8. The molecule has 88 valence electrons. The Morgan fingerprint density at radius 3 is 2.65 bits per heavy atom. The van der Waals surface area contributed by atoms with Crippen LogP contribution in [0.5, 0.6) is 0 Å². The third-order valence-electron chi connectivity index (χ3n) is 2.46. The van der Waals surface area contributed by atoms with Crippen molar-refractivity contribution < 1.29 is 0 Å². The van der Waals surface area contributed by atoms with Crippen molar-refractivity contribution in [2.45, 2.75) is 19.4 Å². The lowest BCUT2D eigenvalue weighted by Gasteiger charge is -2.16. The summed E-state index contributed by atoms with van der Waals surface area (Å²) < 4.78 is 0. The molecule has 2 rings (SSSR count). The van der Waals surface area contributed by atoms with Crippen LogP contribution in [0.4, 0.5) is 0 Å². The van der Waals surface area contributed by atoms with E-state index in [1.54, 1.807) is 18.6 Å². The van der Waals surface area contributed by atoms with Crippen molar-refractivity contribution >= 4 is 0 Å². The van der Waals surface area contributed by atoms with E-state index in [0.29, 0.717) is 0 Å². The largest absolute Gasteiger partial charge is 0.304 e. The number of rotatable bonds is 5. The second-order valence-electron chi connectivity index (χ2n) is 3.78. The minimum atomic E-state index is 0.0184. The van der Waals surface area contributed by atoms with Crippen molar-refractivity contribution in [1.82, 2.24) is 20.3 Å². The van der Waals surface area contributed by atoms with Gasteiger partial charge in [-0.05, 0) is 30.7 Å². The van der Waals surface area contributed by atoms with Gasteiger partial charge in [-0.25, -0.2) is 9.97 Å². The fourth-order valence-electron chi connectivity index (χ4n) is 1.65. The summed E-state index contributed by atoms with van der Waals surface area (Å²) in [6, 6.07) is 5.81. The SMILES string of the molecule is CCCNC(c1cccnc1)c1ncccn1. The van der Waals surface area contributed by atoms with E-state index in [1.807, 2.05) is 24.4 Å². The van der Waals surface area contributed by atoms with Crippen molar-refractivity contribution in [1.29, 1.82) is 0 Å². The molecule has 0 saturated carbocycles. The van der Waals surface area contributed by atoms with Crippen molar-refractivity contribution in [3.8, 4) is 0 Å². The van der Waals surface area contributed by atoms with Crippen LogP contribution in [0, 0.1) is 0 Å². The van der Waals surface area contributed by atoms with Crippen LogP contribution in [0.15, 0.2) is 43.0 Å². The van der Waals surface area contributed by atoms with E-state index in [2.05, 4.69) is 27.2 Å². The van der Waals surface area contributed by atoms with Crippen molar-refractivity contribution in [2.75, 3.05) is 6.54 Å². The fourth-order valence-corrected chi connectivity index (χ4v) is 1.65. The zero-order chi connectivity index (χ0) is 11.9. The van der Waals surface area contributed by atoms with Gasteiger partial charge in [0.2, 0.25) is 0 Å². The van der Waals surface area contributed by atoms with Crippen LogP contribution >= 0.6 is 0 Å². The molecule has 0 aliphatic carbocycles. The van der Waals surface area contributed by atoms with E-state index in [9.17, 15) is 0 Å². The molecule has 0 bridgehead atoms. The van der Waals surface area contributed by atoms with Gasteiger partial charge in [0.05, 0.1) is 6.04 Å². The smallest absolute Gasteiger partial charge is 0.149 e. The van der Waals surface area contributed by atoms with Gasteiger partial charge in [0.15, 0.2) is 0 Å². The summed E-state index contributed by atoms with van der Waals surface area (Å²) in [5.74, 6) is 0.786. The zero-order valence-corrected chi connectivity index (χ0v) is 9.87. The van der Waals surface area contributed by atoms with Gasteiger partial charge in [-0.3, -0.25) is 4.98 Å². The number of hydrogen-bond acceptors (Lipinski definition) is 4. The summed E-state index contributed by atoms with van der Waals surface area (Å²) >= 11 is 0. The second kappa shape index (κ2) is 6.06. The van der Waals surface area contributed by atoms with Gasteiger partial charge in [-0.15, -0.1) is 0 Å². The topological polar surface area (TPSA) is 50.7 Å². The van der Waals surface area contributed by atoms with E-state index >= 15 is 0 Å². The van der Waals surface area contributed by atoms with E-state index in [0.717, 1.165) is 24.4 Å². The molecule has 0 aliphatic rings. The summed E-state index contributed by atoms with van der Waals surface area (Å²) in [7, 11) is 0. The molecule has 17 heavy (non-hydrogen) atoms. The molecule has 2 aromatic rings. The lowest BCUT2D eigenvalue weighted by atomic mass is 10.1. The molecule has 0 amide bonds. The average Bonchev–Trinajstić information content (AvgIpc) is 2.42. The molecular formula is C13H16N4. The van der Waals surface area contributed by atoms with Crippen LogP contribution in [-0.2, 0) is 0 Å². The molecule has 0 aromatic carbocycles. The van der Waals surface area contributed by atoms with E-state index in [-0.39, 0.29) is 6.04 Å². The van der Waals surface area contributed by atoms with Crippen LogP contribution in [0.3, 0.4) is 0 Å². The Balaban J connectivity index is 2.26. The van der Waals surface area contributed by atoms with E-state index < -0.39 is 0 Å². The van der Waals surface area contributed by atoms with Gasteiger partial charge >= 0.3 is 0 Å². The summed E-state index contributed by atoms with van der Waals surface area (Å²) in [5, 5.41) is 3.44. The third-order valence-corrected chi connectivity index (χ3v) is 2.46. The Morgan fingerprint density at radius 1 is 1.18 bits per heavy atom. The Kier molecular flexibility index (Phi) is 4.16. The minimum absolute atomic E-state index is 0.0184. The van der Waals surface area contributed by atoms with Crippen LogP contribution < -0.4 is 5.32 Å². The van der Waals surface area contributed by atoms with Gasteiger partial charge in [0, 0.05) is 24.8 Å². The first kappa shape index (κ1) is 11.7. The van der Waals surface area contributed by atoms with Crippen LogP contribution in [0.25, 0.3) is 0 Å². The van der Waals surface area contributed by atoms with Crippen molar-refractivity contribution in [2.24, 2.45) is 0 Å². The molecule has 4 heteroatoms. The number of nitrogens with one attached hydrogen (secondary N) is 1. The lowest BCUT2D eigenvalue weighted by Crippen LogP contribution is -2.25. The van der Waals surface area contributed by atoms with Gasteiger partial charge in [-0.1, -0.05) is 13.0 Å². The monoisotopic (exact) mass is 228 g/mol. The highest BCUT2D eigenvalue weighted by Crippen LogP contribution is 2.16. The van der Waals surface area contributed by atoms with Gasteiger partial charge in [-0.2, -0.15) is 0 Å². The first-order chi connectivity index (χ1) is 8.42. The molecule has 1 N–H and O–H groups in total. The normalized spacial score (nSPS) is 12.3. The molecule has 1 unspecified atom stereocenters. The molecule has 0 aliphatic heterocycles. The second-order valence-corrected chi connectivity index (χ2v) is 3.78. The molecule has 4 nitrogen and oxygen atoms in total. The number of nitrogens with zero attached hydrogens (tertiary/aromatic N) is 3. The summed E-state index contributed by atoms with van der Waals surface area (Å²) in [5.41, 5.74) is 1.09. The third kappa shape index (κ3) is 3.07. The number of pyridine rings is 1. The molecule has 0 radical (unpaired) electrons. The van der Waals surface area contributed by atoms with Gasteiger partial charge in [0.1, 0.15) is 5.82 Å². The predicted octanol–water partition coefficient (Wildman–Crippen LogP) is 1.96. The van der Waals surface area contributed by atoms with Crippen LogP contribution in [0.2, 0.25) is 0 Å². The maximum atomic E-state index is 4.31. The maximum absolute atomic E-state index is 4.31. The van der Waals surface area contributed by atoms with Crippen LogP contribution in [0.1, 0.15) is 30.8 Å². The molecule has 2 heterocycles. The Morgan fingerprint density at radius 2 is 2.00 bits per heavy atom. The fraction of sp³-hybridized carbons (Fsp3) is 0.308. The minimum Gasteiger partial charge on any atom is -0.304 e. The molecular weight excluding hydrogens is 212 g/mol. The van der Waals surface area contributed by atoms with Crippen LogP contribution in [-0.4, -0.2) is 21.5 Å². The highest BCUT2D eigenvalue weighted by Gasteiger charge is 2.15. The molecule has 2 aromatic heterocycles. The highest BCUT2D eigenvalue weighted by molar-refractivity contribution is 5.21. The number of hydrogen-bond donors (Lipinski definition) is 1. The standard InChI is InChI=1S/C13H16N4/c1-2-6-15-12(11-5-3-7-14-10-11)13-16-8-4-9-17-13/h3-5,7-10,12,15H,2,6H2,1H3. The lowest BCUT2D eigenvalue weighted by molar-refractivity contribution is 0.570.